The van der Waals surface area contributed by atoms with Gasteiger partial charge in [0.1, 0.15) is 11.5 Å². The van der Waals surface area contributed by atoms with Crippen LogP contribution in [-0.4, -0.2) is 12.7 Å². The smallest absolute Gasteiger partial charge is 0.453 e. The van der Waals surface area contributed by atoms with Crippen LogP contribution in [0.2, 0.25) is 0 Å². The summed E-state index contributed by atoms with van der Waals surface area (Å²) >= 11 is 0. The van der Waals surface area contributed by atoms with E-state index in [2.05, 4.69) is 15.5 Å². The molecule has 23 heavy (non-hydrogen) atoms. The van der Waals surface area contributed by atoms with E-state index in [1.807, 2.05) is 0 Å². The predicted molar refractivity (Wildman–Crippen MR) is 65.2 cm³/mol. The van der Waals surface area contributed by atoms with Gasteiger partial charge in [-0.15, -0.1) is 26.3 Å². The molecule has 123 valence electrons. The molecule has 0 saturated heterocycles. The van der Waals surface area contributed by atoms with Gasteiger partial charge in [-0.1, -0.05) is 12.1 Å². The molecule has 0 amide bonds. The minimum absolute atomic E-state index is 0.129. The van der Waals surface area contributed by atoms with E-state index in [9.17, 15) is 26.3 Å². The Hall–Kier alpha value is -2.58. The lowest BCUT2D eigenvalue weighted by Crippen LogP contribution is -2.19. The van der Waals surface area contributed by atoms with Gasteiger partial charge < -0.3 is 14.2 Å². The fourth-order valence-electron chi connectivity index (χ4n) is 1.54. The van der Waals surface area contributed by atoms with E-state index < -0.39 is 30.0 Å². The summed E-state index contributed by atoms with van der Waals surface area (Å²) < 4.78 is 85.9. The highest BCUT2D eigenvalue weighted by molar-refractivity contribution is 5.47. The van der Waals surface area contributed by atoms with E-state index in [-0.39, 0.29) is 5.75 Å². The quantitative estimate of drug-likeness (QED) is 0.729. The Morgan fingerprint density at radius 1 is 0.783 bits per heavy atom. The maximum Gasteiger partial charge on any atom is 0.573 e. The van der Waals surface area contributed by atoms with Crippen molar-refractivity contribution in [1.82, 2.24) is 0 Å². The first kappa shape index (κ1) is 16.8. The molecule has 0 aliphatic heterocycles. The van der Waals surface area contributed by atoms with Gasteiger partial charge in [0.15, 0.2) is 11.5 Å². The van der Waals surface area contributed by atoms with Crippen LogP contribution in [0.1, 0.15) is 0 Å². The molecular weight excluding hydrogens is 330 g/mol. The number of hydrogen-bond donors (Lipinski definition) is 0. The second kappa shape index (κ2) is 6.27. The zero-order valence-electron chi connectivity index (χ0n) is 11.0. The Morgan fingerprint density at radius 3 is 2.04 bits per heavy atom. The number of halogens is 6. The number of hydrogen-bond acceptors (Lipinski definition) is 3. The molecule has 0 N–H and O–H groups in total. The van der Waals surface area contributed by atoms with Gasteiger partial charge in [0.25, 0.3) is 0 Å². The highest BCUT2D eigenvalue weighted by atomic mass is 19.4. The third kappa shape index (κ3) is 5.61. The van der Waals surface area contributed by atoms with Crippen molar-refractivity contribution in [2.75, 3.05) is 0 Å². The van der Waals surface area contributed by atoms with Crippen LogP contribution in [0, 0.1) is 6.07 Å². The summed E-state index contributed by atoms with van der Waals surface area (Å²) in [7, 11) is 0. The molecule has 0 heterocycles. The van der Waals surface area contributed by atoms with E-state index in [1.54, 1.807) is 0 Å². The lowest BCUT2D eigenvalue weighted by molar-refractivity contribution is -0.276. The van der Waals surface area contributed by atoms with Crippen LogP contribution < -0.4 is 14.2 Å². The molecule has 9 heteroatoms. The first-order chi connectivity index (χ1) is 10.6. The van der Waals surface area contributed by atoms with E-state index in [0.717, 1.165) is 12.1 Å². The topological polar surface area (TPSA) is 27.7 Å². The maximum atomic E-state index is 12.4. The molecular formula is C14H7F6O3. The van der Waals surface area contributed by atoms with Gasteiger partial charge in [0.2, 0.25) is 0 Å². The van der Waals surface area contributed by atoms with Crippen LogP contribution in [0.15, 0.2) is 42.5 Å². The molecule has 0 aliphatic rings. The summed E-state index contributed by atoms with van der Waals surface area (Å²) in [6, 6.07) is 10.5. The summed E-state index contributed by atoms with van der Waals surface area (Å²) in [6.07, 6.45) is -10.2. The first-order valence-corrected chi connectivity index (χ1v) is 5.92. The van der Waals surface area contributed by atoms with Crippen LogP contribution >= 0.6 is 0 Å². The van der Waals surface area contributed by atoms with Crippen molar-refractivity contribution in [3.05, 3.63) is 48.5 Å². The Kier molecular flexibility index (Phi) is 4.57. The molecule has 2 rings (SSSR count). The molecule has 0 aromatic heterocycles. The van der Waals surface area contributed by atoms with Crippen LogP contribution in [-0.2, 0) is 0 Å². The van der Waals surface area contributed by atoms with Crippen LogP contribution in [0.25, 0.3) is 0 Å². The SMILES string of the molecule is FC(F)(F)Oc1ccc(Oc2c[c]ccc2)c(OC(F)(F)F)c1. The van der Waals surface area contributed by atoms with Gasteiger partial charge in [-0.25, -0.2) is 0 Å². The van der Waals surface area contributed by atoms with Crippen molar-refractivity contribution in [3.8, 4) is 23.0 Å². The summed E-state index contributed by atoms with van der Waals surface area (Å²) in [4.78, 5) is 0. The number of ether oxygens (including phenoxy) is 3. The van der Waals surface area contributed by atoms with Gasteiger partial charge in [-0.3, -0.25) is 0 Å². The molecule has 0 spiro atoms. The van der Waals surface area contributed by atoms with E-state index in [0.29, 0.717) is 6.07 Å². The molecule has 0 fully saturated rings. The van der Waals surface area contributed by atoms with Gasteiger partial charge in [0.05, 0.1) is 0 Å². The fraction of sp³-hybridized carbons (Fsp3) is 0.143. The van der Waals surface area contributed by atoms with E-state index in [4.69, 9.17) is 4.74 Å². The maximum absolute atomic E-state index is 12.4. The summed E-state index contributed by atoms with van der Waals surface area (Å²) in [6.45, 7) is 0. The highest BCUT2D eigenvalue weighted by Gasteiger charge is 2.34. The minimum atomic E-state index is -5.11. The average Bonchev–Trinajstić information content (AvgIpc) is 2.39. The van der Waals surface area contributed by atoms with E-state index in [1.165, 1.54) is 24.3 Å². The van der Waals surface area contributed by atoms with Gasteiger partial charge in [-0.05, 0) is 30.3 Å². The van der Waals surface area contributed by atoms with Crippen molar-refractivity contribution in [2.45, 2.75) is 12.7 Å². The van der Waals surface area contributed by atoms with Crippen molar-refractivity contribution in [1.29, 1.82) is 0 Å². The summed E-state index contributed by atoms with van der Waals surface area (Å²) in [5, 5.41) is 0. The molecule has 0 aliphatic carbocycles. The number of alkyl halides is 6. The number of rotatable bonds is 4. The second-order valence-electron chi connectivity index (χ2n) is 4.05. The van der Waals surface area contributed by atoms with Gasteiger partial charge in [-0.2, -0.15) is 0 Å². The Bertz CT molecular complexity index is 652. The lowest BCUT2D eigenvalue weighted by Gasteiger charge is -2.16. The molecule has 0 atom stereocenters. The summed E-state index contributed by atoms with van der Waals surface area (Å²) in [5.74, 6) is -2.15. The Morgan fingerprint density at radius 2 is 1.48 bits per heavy atom. The first-order valence-electron chi connectivity index (χ1n) is 5.92. The van der Waals surface area contributed by atoms with Crippen molar-refractivity contribution < 1.29 is 40.6 Å². The van der Waals surface area contributed by atoms with Gasteiger partial charge in [0, 0.05) is 6.07 Å². The summed E-state index contributed by atoms with van der Waals surface area (Å²) in [5.41, 5.74) is 0. The Labute approximate surface area is 126 Å². The fourth-order valence-corrected chi connectivity index (χ4v) is 1.54. The minimum Gasteiger partial charge on any atom is -0.453 e. The van der Waals surface area contributed by atoms with Crippen LogP contribution in [0.5, 0.6) is 23.0 Å². The molecule has 2 aromatic rings. The zero-order chi connectivity index (χ0) is 17.1. The highest BCUT2D eigenvalue weighted by Crippen LogP contribution is 2.39. The average molecular weight is 337 g/mol. The zero-order valence-corrected chi connectivity index (χ0v) is 11.0. The standard InChI is InChI=1S/C14H7F6O3/c15-13(16,17)22-10-6-7-11(12(8-10)23-14(18,19)20)21-9-4-2-1-3-5-9/h1-2,4-8H. The normalized spacial score (nSPS) is 11.9. The van der Waals surface area contributed by atoms with Crippen LogP contribution in [0.3, 0.4) is 0 Å². The van der Waals surface area contributed by atoms with Crippen molar-refractivity contribution in [2.24, 2.45) is 0 Å². The molecule has 3 nitrogen and oxygen atoms in total. The van der Waals surface area contributed by atoms with E-state index >= 15 is 0 Å². The predicted octanol–water partition coefficient (Wildman–Crippen LogP) is 5.08. The monoisotopic (exact) mass is 337 g/mol. The second-order valence-corrected chi connectivity index (χ2v) is 4.05. The largest absolute Gasteiger partial charge is 0.573 e. The number of benzene rings is 2. The molecule has 2 aromatic carbocycles. The lowest BCUT2D eigenvalue weighted by atomic mass is 10.3. The molecule has 0 saturated carbocycles. The third-order valence-corrected chi connectivity index (χ3v) is 2.28. The molecule has 0 bridgehead atoms. The van der Waals surface area contributed by atoms with Crippen molar-refractivity contribution >= 4 is 0 Å². The van der Waals surface area contributed by atoms with Gasteiger partial charge >= 0.3 is 12.7 Å². The van der Waals surface area contributed by atoms with Crippen molar-refractivity contribution in [3.63, 3.8) is 0 Å². The molecule has 0 unspecified atom stereocenters. The Balaban J connectivity index is 2.32. The third-order valence-electron chi connectivity index (χ3n) is 2.28. The molecule has 1 radical (unpaired) electrons. The van der Waals surface area contributed by atoms with Crippen LogP contribution in [0.4, 0.5) is 26.3 Å².